The summed E-state index contributed by atoms with van der Waals surface area (Å²) in [6, 6.07) is 16.3. The molecule has 2 aliphatic heterocycles. The van der Waals surface area contributed by atoms with Crippen molar-refractivity contribution >= 4 is 5.91 Å². The molecule has 1 amide bonds. The van der Waals surface area contributed by atoms with Gasteiger partial charge in [-0.15, -0.1) is 0 Å². The number of piperazine rings is 1. The van der Waals surface area contributed by atoms with Gasteiger partial charge in [0.15, 0.2) is 11.5 Å². The van der Waals surface area contributed by atoms with Crippen molar-refractivity contribution in [3.63, 3.8) is 0 Å². The maximum absolute atomic E-state index is 13.2. The standard InChI is InChI=1S/C27H35N3O3/c1-33-24-9-5-8-22(25(24)31)20-28-12-10-27(11-13-28)18-23(27)26(32)30-16-14-29(15-17-30)19-21-6-3-2-4-7-21/h2-9,23,31H,10-20H2,1H3/t23-/m1/s1. The quantitative estimate of drug-likeness (QED) is 0.733. The highest BCUT2D eigenvalue weighted by molar-refractivity contribution is 5.83. The number of phenolic OH excluding ortho intramolecular Hbond substituents is 1. The first-order valence-electron chi connectivity index (χ1n) is 12.2. The minimum atomic E-state index is 0.213. The Kier molecular flexibility index (Phi) is 6.30. The molecule has 1 spiro atoms. The number of nitrogens with zero attached hydrogens (tertiary/aromatic N) is 3. The van der Waals surface area contributed by atoms with Gasteiger partial charge in [0.2, 0.25) is 5.91 Å². The topological polar surface area (TPSA) is 56.2 Å². The van der Waals surface area contributed by atoms with Gasteiger partial charge in [0, 0.05) is 50.7 Å². The monoisotopic (exact) mass is 449 g/mol. The summed E-state index contributed by atoms with van der Waals surface area (Å²) in [6.45, 7) is 7.25. The Morgan fingerprint density at radius 1 is 0.939 bits per heavy atom. The van der Waals surface area contributed by atoms with Crippen molar-refractivity contribution < 1.29 is 14.6 Å². The number of amides is 1. The number of hydrogen-bond donors (Lipinski definition) is 1. The van der Waals surface area contributed by atoms with Gasteiger partial charge in [0.25, 0.3) is 0 Å². The molecule has 0 unspecified atom stereocenters. The lowest BCUT2D eigenvalue weighted by Crippen LogP contribution is -2.49. The van der Waals surface area contributed by atoms with Gasteiger partial charge >= 0.3 is 0 Å². The third-order valence-corrected chi connectivity index (χ3v) is 7.97. The molecule has 0 aromatic heterocycles. The number of benzene rings is 2. The number of para-hydroxylation sites is 1. The van der Waals surface area contributed by atoms with E-state index in [1.165, 1.54) is 5.56 Å². The van der Waals surface area contributed by atoms with E-state index in [4.69, 9.17) is 4.74 Å². The zero-order chi connectivity index (χ0) is 22.8. The van der Waals surface area contributed by atoms with Gasteiger partial charge in [-0.05, 0) is 49.4 Å². The number of likely N-dealkylation sites (tertiary alicyclic amines) is 1. The lowest BCUT2D eigenvalue weighted by atomic mass is 9.90. The van der Waals surface area contributed by atoms with E-state index in [2.05, 4.69) is 45.0 Å². The van der Waals surface area contributed by atoms with E-state index in [0.29, 0.717) is 11.7 Å². The fraction of sp³-hybridized carbons (Fsp3) is 0.519. The lowest BCUT2D eigenvalue weighted by Gasteiger charge is -2.36. The minimum Gasteiger partial charge on any atom is -0.504 e. The predicted octanol–water partition coefficient (Wildman–Crippen LogP) is 3.35. The van der Waals surface area contributed by atoms with Gasteiger partial charge < -0.3 is 14.7 Å². The van der Waals surface area contributed by atoms with Crippen LogP contribution in [0.2, 0.25) is 0 Å². The molecule has 33 heavy (non-hydrogen) atoms. The predicted molar refractivity (Wildman–Crippen MR) is 128 cm³/mol. The summed E-state index contributed by atoms with van der Waals surface area (Å²) in [6.07, 6.45) is 3.19. The molecular formula is C27H35N3O3. The number of rotatable bonds is 6. The SMILES string of the molecule is COc1cccc(CN2CCC3(CC2)C[C@@H]3C(=O)N2CCN(Cc3ccccc3)CC2)c1O. The average molecular weight is 450 g/mol. The lowest BCUT2D eigenvalue weighted by molar-refractivity contribution is -0.135. The molecule has 0 bridgehead atoms. The molecule has 1 atom stereocenters. The first kappa shape index (κ1) is 22.2. The minimum absolute atomic E-state index is 0.213. The van der Waals surface area contributed by atoms with E-state index in [9.17, 15) is 9.90 Å². The van der Waals surface area contributed by atoms with E-state index in [0.717, 1.165) is 77.2 Å². The maximum atomic E-state index is 13.2. The Labute approximate surface area is 196 Å². The van der Waals surface area contributed by atoms with Crippen LogP contribution in [0.1, 0.15) is 30.4 Å². The summed E-state index contributed by atoms with van der Waals surface area (Å²) in [5, 5.41) is 10.4. The second-order valence-electron chi connectivity index (χ2n) is 9.95. The number of carbonyl (C=O) groups excluding carboxylic acids is 1. The van der Waals surface area contributed by atoms with Crippen LogP contribution in [-0.2, 0) is 17.9 Å². The molecule has 1 aliphatic carbocycles. The number of hydrogen-bond acceptors (Lipinski definition) is 5. The van der Waals surface area contributed by atoms with Gasteiger partial charge in [-0.25, -0.2) is 0 Å². The number of ether oxygens (including phenoxy) is 1. The van der Waals surface area contributed by atoms with Crippen molar-refractivity contribution in [1.82, 2.24) is 14.7 Å². The molecule has 6 heteroatoms. The summed E-state index contributed by atoms with van der Waals surface area (Å²) >= 11 is 0. The Balaban J connectivity index is 1.09. The van der Waals surface area contributed by atoms with Crippen LogP contribution >= 0.6 is 0 Å². The van der Waals surface area contributed by atoms with E-state index in [1.54, 1.807) is 13.2 Å². The maximum Gasteiger partial charge on any atom is 0.226 e. The summed E-state index contributed by atoms with van der Waals surface area (Å²) in [4.78, 5) is 20.2. The molecule has 5 rings (SSSR count). The second-order valence-corrected chi connectivity index (χ2v) is 9.95. The van der Waals surface area contributed by atoms with Crippen LogP contribution in [0.15, 0.2) is 48.5 Å². The zero-order valence-electron chi connectivity index (χ0n) is 19.6. The Morgan fingerprint density at radius 3 is 2.33 bits per heavy atom. The third kappa shape index (κ3) is 4.73. The molecule has 6 nitrogen and oxygen atoms in total. The summed E-state index contributed by atoms with van der Waals surface area (Å²) in [5.41, 5.74) is 2.46. The van der Waals surface area contributed by atoms with Gasteiger partial charge in [0.05, 0.1) is 7.11 Å². The number of piperidine rings is 1. The van der Waals surface area contributed by atoms with Gasteiger partial charge in [0.1, 0.15) is 0 Å². The Bertz CT molecular complexity index is 964. The van der Waals surface area contributed by atoms with E-state index in [-0.39, 0.29) is 17.1 Å². The largest absolute Gasteiger partial charge is 0.504 e. The molecule has 2 aromatic rings. The van der Waals surface area contributed by atoms with E-state index in [1.807, 2.05) is 12.1 Å². The van der Waals surface area contributed by atoms with Crippen LogP contribution < -0.4 is 4.74 Å². The molecule has 2 aromatic carbocycles. The Morgan fingerprint density at radius 2 is 1.64 bits per heavy atom. The highest BCUT2D eigenvalue weighted by Gasteiger charge is 2.59. The van der Waals surface area contributed by atoms with Crippen molar-refractivity contribution in [1.29, 1.82) is 0 Å². The Hall–Kier alpha value is -2.57. The van der Waals surface area contributed by atoms with Crippen molar-refractivity contribution in [2.24, 2.45) is 11.3 Å². The smallest absolute Gasteiger partial charge is 0.226 e. The normalized spacial score (nSPS) is 22.9. The number of carbonyl (C=O) groups is 1. The highest BCUT2D eigenvalue weighted by atomic mass is 16.5. The molecule has 2 saturated heterocycles. The molecule has 3 aliphatic rings. The van der Waals surface area contributed by atoms with Crippen LogP contribution in [0.5, 0.6) is 11.5 Å². The fourth-order valence-corrected chi connectivity index (χ4v) is 5.70. The third-order valence-electron chi connectivity index (χ3n) is 7.97. The van der Waals surface area contributed by atoms with Gasteiger partial charge in [-0.1, -0.05) is 42.5 Å². The molecule has 1 saturated carbocycles. The average Bonchev–Trinajstić information content (AvgIpc) is 3.56. The van der Waals surface area contributed by atoms with Crippen molar-refractivity contribution in [2.45, 2.75) is 32.4 Å². The van der Waals surface area contributed by atoms with Crippen LogP contribution in [0.4, 0.5) is 0 Å². The number of aromatic hydroxyl groups is 1. The molecule has 2 heterocycles. The van der Waals surface area contributed by atoms with E-state index >= 15 is 0 Å². The first-order valence-corrected chi connectivity index (χ1v) is 12.2. The van der Waals surface area contributed by atoms with Crippen LogP contribution in [0.3, 0.4) is 0 Å². The highest BCUT2D eigenvalue weighted by Crippen LogP contribution is 2.60. The summed E-state index contributed by atoms with van der Waals surface area (Å²) in [7, 11) is 1.58. The second kappa shape index (κ2) is 9.35. The molecule has 3 fully saturated rings. The van der Waals surface area contributed by atoms with Crippen molar-refractivity contribution in [3.05, 3.63) is 59.7 Å². The van der Waals surface area contributed by atoms with Gasteiger partial charge in [-0.3, -0.25) is 14.6 Å². The summed E-state index contributed by atoms with van der Waals surface area (Å²) in [5.74, 6) is 1.36. The molecular weight excluding hydrogens is 414 g/mol. The van der Waals surface area contributed by atoms with Crippen LogP contribution in [0.25, 0.3) is 0 Å². The molecule has 0 radical (unpaired) electrons. The first-order chi connectivity index (χ1) is 16.1. The molecule has 176 valence electrons. The van der Waals surface area contributed by atoms with Crippen LogP contribution in [-0.4, -0.2) is 72.1 Å². The fourth-order valence-electron chi connectivity index (χ4n) is 5.70. The number of phenols is 1. The van der Waals surface area contributed by atoms with Crippen molar-refractivity contribution in [3.8, 4) is 11.5 Å². The van der Waals surface area contributed by atoms with E-state index < -0.39 is 0 Å². The summed E-state index contributed by atoms with van der Waals surface area (Å²) < 4.78 is 5.24. The van der Waals surface area contributed by atoms with Crippen LogP contribution in [0, 0.1) is 11.3 Å². The zero-order valence-corrected chi connectivity index (χ0v) is 19.6. The number of methoxy groups -OCH3 is 1. The molecule has 1 N–H and O–H groups in total. The van der Waals surface area contributed by atoms with Crippen molar-refractivity contribution in [2.75, 3.05) is 46.4 Å². The van der Waals surface area contributed by atoms with Gasteiger partial charge in [-0.2, -0.15) is 0 Å².